The summed E-state index contributed by atoms with van der Waals surface area (Å²) in [7, 11) is 0. The highest BCUT2D eigenvalue weighted by molar-refractivity contribution is 5.82. The Balaban J connectivity index is 2.17. The zero-order valence-electron chi connectivity index (χ0n) is 8.69. The van der Waals surface area contributed by atoms with Crippen LogP contribution in [0.1, 0.15) is 25.3 Å². The van der Waals surface area contributed by atoms with Crippen LogP contribution in [-0.2, 0) is 11.2 Å². The molecule has 0 aliphatic heterocycles. The zero-order valence-corrected chi connectivity index (χ0v) is 8.69. The molecule has 0 aliphatic rings. The number of hydrogen-bond donors (Lipinski definition) is 0. The quantitative estimate of drug-likeness (QED) is 0.767. The third kappa shape index (κ3) is 2.24. The number of carbonyl (C=O) groups excluding carboxylic acids is 1. The fourth-order valence-electron chi connectivity index (χ4n) is 1.60. The molecular formula is C12H13NO2. The fourth-order valence-corrected chi connectivity index (χ4v) is 1.60. The van der Waals surface area contributed by atoms with Gasteiger partial charge in [-0.25, -0.2) is 4.98 Å². The van der Waals surface area contributed by atoms with Gasteiger partial charge in [0, 0.05) is 12.8 Å². The summed E-state index contributed by atoms with van der Waals surface area (Å²) in [6, 6.07) is 5.70. The van der Waals surface area contributed by atoms with E-state index in [0.29, 0.717) is 12.8 Å². The van der Waals surface area contributed by atoms with Crippen molar-refractivity contribution in [2.75, 3.05) is 0 Å². The number of oxazole rings is 1. The van der Waals surface area contributed by atoms with E-state index in [0.717, 1.165) is 23.1 Å². The Kier molecular flexibility index (Phi) is 2.81. The first-order valence-corrected chi connectivity index (χ1v) is 5.13. The first-order valence-electron chi connectivity index (χ1n) is 5.13. The van der Waals surface area contributed by atoms with Crippen LogP contribution < -0.4 is 0 Å². The van der Waals surface area contributed by atoms with Crippen LogP contribution in [-0.4, -0.2) is 10.8 Å². The molecule has 0 fully saturated rings. The molecule has 0 N–H and O–H groups in total. The minimum absolute atomic E-state index is 0.274. The molecular weight excluding hydrogens is 190 g/mol. The highest BCUT2D eigenvalue weighted by Gasteiger charge is 2.04. The molecule has 2 rings (SSSR count). The van der Waals surface area contributed by atoms with E-state index in [-0.39, 0.29) is 5.78 Å². The number of rotatable bonds is 4. The van der Waals surface area contributed by atoms with Crippen LogP contribution in [0.4, 0.5) is 0 Å². The number of nitrogens with zero attached hydrogens (tertiary/aromatic N) is 1. The molecule has 78 valence electrons. The summed E-state index contributed by atoms with van der Waals surface area (Å²) in [4.78, 5) is 15.5. The van der Waals surface area contributed by atoms with Gasteiger partial charge in [-0.05, 0) is 24.1 Å². The normalized spacial score (nSPS) is 10.7. The maximum Gasteiger partial charge on any atom is 0.181 e. The van der Waals surface area contributed by atoms with E-state index in [1.54, 1.807) is 0 Å². The second-order valence-corrected chi connectivity index (χ2v) is 3.62. The zero-order chi connectivity index (χ0) is 10.7. The summed E-state index contributed by atoms with van der Waals surface area (Å²) in [6.45, 7) is 2.01. The molecule has 0 saturated carbocycles. The second kappa shape index (κ2) is 4.26. The molecule has 2 aromatic rings. The van der Waals surface area contributed by atoms with E-state index in [4.69, 9.17) is 4.42 Å². The molecule has 0 spiro atoms. The van der Waals surface area contributed by atoms with Crippen molar-refractivity contribution in [3.05, 3.63) is 30.2 Å². The molecule has 0 amide bonds. The Morgan fingerprint density at radius 2 is 2.33 bits per heavy atom. The smallest absolute Gasteiger partial charge is 0.181 e. The van der Waals surface area contributed by atoms with Gasteiger partial charge < -0.3 is 4.42 Å². The maximum atomic E-state index is 11.4. The van der Waals surface area contributed by atoms with Gasteiger partial charge >= 0.3 is 0 Å². The highest BCUT2D eigenvalue weighted by Crippen LogP contribution is 2.15. The minimum atomic E-state index is 0.274. The Hall–Kier alpha value is -1.64. The van der Waals surface area contributed by atoms with Gasteiger partial charge in [0.1, 0.15) is 11.3 Å². The van der Waals surface area contributed by atoms with Crippen LogP contribution in [0.25, 0.3) is 11.1 Å². The summed E-state index contributed by atoms with van der Waals surface area (Å²) >= 11 is 0. The molecule has 0 radical (unpaired) electrons. The van der Waals surface area contributed by atoms with Crippen LogP contribution >= 0.6 is 0 Å². The Labute approximate surface area is 88.1 Å². The van der Waals surface area contributed by atoms with Gasteiger partial charge in [0.25, 0.3) is 0 Å². The maximum absolute atomic E-state index is 11.4. The molecule has 3 nitrogen and oxygen atoms in total. The topological polar surface area (TPSA) is 43.1 Å². The van der Waals surface area contributed by atoms with E-state index >= 15 is 0 Å². The standard InChI is InChI=1S/C12H13NO2/c1-2-3-10(14)6-9-4-5-11-12(7-9)15-8-13-11/h4-5,7-8H,2-3,6H2,1H3. The van der Waals surface area contributed by atoms with E-state index in [9.17, 15) is 4.79 Å². The molecule has 0 bridgehead atoms. The first-order chi connectivity index (χ1) is 7.29. The third-order valence-corrected chi connectivity index (χ3v) is 2.33. The molecule has 3 heteroatoms. The van der Waals surface area contributed by atoms with Crippen molar-refractivity contribution < 1.29 is 9.21 Å². The molecule has 0 unspecified atom stereocenters. The van der Waals surface area contributed by atoms with E-state index in [1.165, 1.54) is 6.39 Å². The second-order valence-electron chi connectivity index (χ2n) is 3.62. The van der Waals surface area contributed by atoms with E-state index in [1.807, 2.05) is 25.1 Å². The largest absolute Gasteiger partial charge is 0.443 e. The Morgan fingerprint density at radius 1 is 1.47 bits per heavy atom. The van der Waals surface area contributed by atoms with Gasteiger partial charge in [-0.3, -0.25) is 4.79 Å². The van der Waals surface area contributed by atoms with Crippen molar-refractivity contribution in [1.29, 1.82) is 0 Å². The number of fused-ring (bicyclic) bond motifs is 1. The number of Topliss-reactive ketones (excluding diaryl/α,β-unsaturated/α-hetero) is 1. The van der Waals surface area contributed by atoms with Crippen LogP contribution in [0.15, 0.2) is 29.0 Å². The molecule has 0 saturated heterocycles. The number of carbonyl (C=O) groups is 1. The van der Waals surface area contributed by atoms with Gasteiger partial charge in [0.2, 0.25) is 0 Å². The summed E-state index contributed by atoms with van der Waals surface area (Å²) < 4.78 is 5.18. The van der Waals surface area contributed by atoms with Crippen molar-refractivity contribution in [3.8, 4) is 0 Å². The van der Waals surface area contributed by atoms with Crippen LogP contribution in [0.3, 0.4) is 0 Å². The van der Waals surface area contributed by atoms with Crippen LogP contribution in [0.2, 0.25) is 0 Å². The summed E-state index contributed by atoms with van der Waals surface area (Å²) in [5, 5.41) is 0. The number of benzene rings is 1. The van der Waals surface area contributed by atoms with Gasteiger partial charge in [-0.2, -0.15) is 0 Å². The number of hydrogen-bond acceptors (Lipinski definition) is 3. The first kappa shape index (κ1) is 9.90. The lowest BCUT2D eigenvalue weighted by atomic mass is 10.1. The molecule has 1 heterocycles. The highest BCUT2D eigenvalue weighted by atomic mass is 16.3. The lowest BCUT2D eigenvalue weighted by Crippen LogP contribution is -2.01. The minimum Gasteiger partial charge on any atom is -0.443 e. The molecule has 1 aromatic carbocycles. The van der Waals surface area contributed by atoms with Gasteiger partial charge in [-0.1, -0.05) is 13.0 Å². The van der Waals surface area contributed by atoms with Crippen molar-refractivity contribution in [3.63, 3.8) is 0 Å². The van der Waals surface area contributed by atoms with Gasteiger partial charge in [0.05, 0.1) is 0 Å². The number of ketones is 1. The third-order valence-electron chi connectivity index (χ3n) is 2.33. The van der Waals surface area contributed by atoms with Crippen molar-refractivity contribution in [2.24, 2.45) is 0 Å². The SMILES string of the molecule is CCCC(=O)Cc1ccc2ncoc2c1. The molecule has 1 aromatic heterocycles. The van der Waals surface area contributed by atoms with Crippen LogP contribution in [0, 0.1) is 0 Å². The molecule has 0 aliphatic carbocycles. The summed E-state index contributed by atoms with van der Waals surface area (Å²) in [5.74, 6) is 0.274. The average Bonchev–Trinajstić information content (AvgIpc) is 2.65. The monoisotopic (exact) mass is 203 g/mol. The van der Waals surface area contributed by atoms with Crippen LogP contribution in [0.5, 0.6) is 0 Å². The molecule has 15 heavy (non-hydrogen) atoms. The number of aromatic nitrogens is 1. The molecule has 0 atom stereocenters. The predicted molar refractivity (Wildman–Crippen MR) is 57.6 cm³/mol. The summed E-state index contributed by atoms with van der Waals surface area (Å²) in [5.41, 5.74) is 2.58. The van der Waals surface area contributed by atoms with Crippen molar-refractivity contribution in [2.45, 2.75) is 26.2 Å². The Morgan fingerprint density at radius 3 is 3.13 bits per heavy atom. The van der Waals surface area contributed by atoms with Gasteiger partial charge in [-0.15, -0.1) is 0 Å². The fraction of sp³-hybridized carbons (Fsp3) is 0.333. The van der Waals surface area contributed by atoms with Crippen molar-refractivity contribution in [1.82, 2.24) is 4.98 Å². The lowest BCUT2D eigenvalue weighted by Gasteiger charge is -1.99. The average molecular weight is 203 g/mol. The van der Waals surface area contributed by atoms with Crippen molar-refractivity contribution >= 4 is 16.9 Å². The Bertz CT molecular complexity index is 473. The predicted octanol–water partition coefficient (Wildman–Crippen LogP) is 2.74. The van der Waals surface area contributed by atoms with Gasteiger partial charge in [0.15, 0.2) is 12.0 Å². The van der Waals surface area contributed by atoms with E-state index < -0.39 is 0 Å². The van der Waals surface area contributed by atoms with E-state index in [2.05, 4.69) is 4.98 Å². The lowest BCUT2D eigenvalue weighted by molar-refractivity contribution is -0.118. The summed E-state index contributed by atoms with van der Waals surface area (Å²) in [6.07, 6.45) is 3.46.